The monoisotopic (exact) mass is 296 g/mol. The van der Waals surface area contributed by atoms with Gasteiger partial charge in [0.15, 0.2) is 6.10 Å². The highest BCUT2D eigenvalue weighted by Crippen LogP contribution is 2.17. The summed E-state index contributed by atoms with van der Waals surface area (Å²) in [5.41, 5.74) is 0. The van der Waals surface area contributed by atoms with E-state index in [2.05, 4.69) is 5.32 Å². The summed E-state index contributed by atoms with van der Waals surface area (Å²) in [6.07, 6.45) is -0.796. The van der Waals surface area contributed by atoms with Crippen LogP contribution in [-0.2, 0) is 14.4 Å². The second-order valence-electron chi connectivity index (χ2n) is 4.38. The van der Waals surface area contributed by atoms with Crippen molar-refractivity contribution in [1.82, 2.24) is 10.2 Å². The summed E-state index contributed by atoms with van der Waals surface area (Å²) >= 11 is 5.75. The maximum Gasteiger partial charge on any atom is 0.264 e. The van der Waals surface area contributed by atoms with Crippen LogP contribution in [0.25, 0.3) is 0 Å². The molecule has 0 aliphatic carbocycles. The lowest BCUT2D eigenvalue weighted by Crippen LogP contribution is -2.55. The van der Waals surface area contributed by atoms with Gasteiger partial charge in [0.05, 0.1) is 0 Å². The molecule has 0 spiro atoms. The molecule has 1 aromatic rings. The number of nitrogens with one attached hydrogen (secondary N) is 1. The summed E-state index contributed by atoms with van der Waals surface area (Å²) in [5.74, 6) is -0.909. The van der Waals surface area contributed by atoms with Crippen LogP contribution in [0.5, 0.6) is 5.75 Å². The topological polar surface area (TPSA) is 75.7 Å². The van der Waals surface area contributed by atoms with Crippen molar-refractivity contribution in [3.05, 3.63) is 29.3 Å². The molecule has 1 aliphatic heterocycles. The van der Waals surface area contributed by atoms with Gasteiger partial charge in [-0.1, -0.05) is 11.6 Å². The summed E-state index contributed by atoms with van der Waals surface area (Å²) < 4.78 is 5.46. The number of benzene rings is 1. The molecule has 6 nitrogen and oxygen atoms in total. The van der Waals surface area contributed by atoms with Crippen molar-refractivity contribution >= 4 is 29.3 Å². The molecule has 1 fully saturated rings. The van der Waals surface area contributed by atoms with Crippen LogP contribution in [0.1, 0.15) is 6.92 Å². The molecule has 1 aromatic carbocycles. The van der Waals surface area contributed by atoms with Gasteiger partial charge in [-0.25, -0.2) is 0 Å². The molecule has 7 heteroatoms. The Labute approximate surface area is 120 Å². The predicted molar refractivity (Wildman–Crippen MR) is 71.3 cm³/mol. The molecule has 0 bridgehead atoms. The fourth-order valence-electron chi connectivity index (χ4n) is 1.82. The van der Waals surface area contributed by atoms with Crippen LogP contribution in [0.4, 0.5) is 0 Å². The fourth-order valence-corrected chi connectivity index (χ4v) is 1.94. The number of imide groups is 1. The molecular weight excluding hydrogens is 284 g/mol. The SMILES string of the molecule is CC(Oc1ccc(Cl)cc1)C(=O)N1CC(=O)NC(=O)C1. The van der Waals surface area contributed by atoms with Crippen molar-refractivity contribution in [3.8, 4) is 5.75 Å². The minimum atomic E-state index is -0.796. The van der Waals surface area contributed by atoms with E-state index in [1.807, 2.05) is 0 Å². The third-order valence-corrected chi connectivity index (χ3v) is 2.99. The Hall–Kier alpha value is -2.08. The molecular formula is C13H13ClN2O4. The van der Waals surface area contributed by atoms with E-state index in [0.29, 0.717) is 10.8 Å². The summed E-state index contributed by atoms with van der Waals surface area (Å²) in [4.78, 5) is 35.7. The van der Waals surface area contributed by atoms with Gasteiger partial charge in [-0.15, -0.1) is 0 Å². The Morgan fingerprint density at radius 2 is 1.80 bits per heavy atom. The molecule has 0 radical (unpaired) electrons. The highest BCUT2D eigenvalue weighted by molar-refractivity contribution is 6.30. The van der Waals surface area contributed by atoms with Gasteiger partial charge in [0.25, 0.3) is 5.91 Å². The zero-order valence-electron chi connectivity index (χ0n) is 10.8. The summed E-state index contributed by atoms with van der Waals surface area (Å²) in [6, 6.07) is 6.57. The first-order chi connectivity index (χ1) is 9.45. The van der Waals surface area contributed by atoms with Crippen molar-refractivity contribution in [3.63, 3.8) is 0 Å². The Kier molecular flexibility index (Phi) is 4.24. The first kappa shape index (κ1) is 14.3. The Morgan fingerprint density at radius 1 is 1.25 bits per heavy atom. The first-order valence-electron chi connectivity index (χ1n) is 5.99. The zero-order valence-corrected chi connectivity index (χ0v) is 11.5. The maximum absolute atomic E-state index is 12.1. The third-order valence-electron chi connectivity index (χ3n) is 2.73. The Balaban J connectivity index is 1.99. The number of piperazine rings is 1. The largest absolute Gasteiger partial charge is 0.481 e. The van der Waals surface area contributed by atoms with E-state index in [0.717, 1.165) is 0 Å². The van der Waals surface area contributed by atoms with Gasteiger partial charge in [0, 0.05) is 5.02 Å². The van der Waals surface area contributed by atoms with Crippen LogP contribution in [0.3, 0.4) is 0 Å². The number of rotatable bonds is 3. The van der Waals surface area contributed by atoms with E-state index in [1.54, 1.807) is 31.2 Å². The van der Waals surface area contributed by atoms with E-state index in [-0.39, 0.29) is 13.1 Å². The second kappa shape index (κ2) is 5.92. The van der Waals surface area contributed by atoms with Crippen molar-refractivity contribution in [1.29, 1.82) is 0 Å². The smallest absolute Gasteiger partial charge is 0.264 e. The number of nitrogens with zero attached hydrogens (tertiary/aromatic N) is 1. The van der Waals surface area contributed by atoms with E-state index in [9.17, 15) is 14.4 Å². The van der Waals surface area contributed by atoms with Crippen molar-refractivity contribution in [2.24, 2.45) is 0 Å². The van der Waals surface area contributed by atoms with Gasteiger partial charge >= 0.3 is 0 Å². The highest BCUT2D eigenvalue weighted by Gasteiger charge is 2.30. The maximum atomic E-state index is 12.1. The average Bonchev–Trinajstić information content (AvgIpc) is 2.39. The van der Waals surface area contributed by atoms with Crippen molar-refractivity contribution in [2.45, 2.75) is 13.0 Å². The first-order valence-corrected chi connectivity index (χ1v) is 6.37. The normalized spacial score (nSPS) is 16.6. The second-order valence-corrected chi connectivity index (χ2v) is 4.82. The molecule has 1 heterocycles. The third kappa shape index (κ3) is 3.48. The van der Waals surface area contributed by atoms with Crippen LogP contribution in [0.15, 0.2) is 24.3 Å². The molecule has 2 rings (SSSR count). The Morgan fingerprint density at radius 3 is 2.35 bits per heavy atom. The number of carbonyl (C=O) groups excluding carboxylic acids is 3. The van der Waals surface area contributed by atoms with Crippen LogP contribution >= 0.6 is 11.6 Å². The molecule has 1 N–H and O–H groups in total. The van der Waals surface area contributed by atoms with Crippen LogP contribution in [0.2, 0.25) is 5.02 Å². The standard InChI is InChI=1S/C13H13ClN2O4/c1-8(20-10-4-2-9(14)3-5-10)13(19)16-6-11(17)15-12(18)7-16/h2-5,8H,6-7H2,1H3,(H,15,17,18). The van der Waals surface area contributed by atoms with Crippen LogP contribution in [0, 0.1) is 0 Å². The molecule has 0 aromatic heterocycles. The van der Waals surface area contributed by atoms with Gasteiger partial charge in [-0.05, 0) is 31.2 Å². The van der Waals surface area contributed by atoms with Gasteiger partial charge in [0.1, 0.15) is 18.8 Å². The molecule has 1 saturated heterocycles. The van der Waals surface area contributed by atoms with E-state index in [1.165, 1.54) is 4.90 Å². The number of amides is 3. The van der Waals surface area contributed by atoms with E-state index in [4.69, 9.17) is 16.3 Å². The highest BCUT2D eigenvalue weighted by atomic mass is 35.5. The van der Waals surface area contributed by atoms with Crippen molar-refractivity contribution in [2.75, 3.05) is 13.1 Å². The lowest BCUT2D eigenvalue weighted by molar-refractivity contribution is -0.148. The summed E-state index contributed by atoms with van der Waals surface area (Å²) in [6.45, 7) is 1.28. The zero-order chi connectivity index (χ0) is 14.7. The molecule has 1 aliphatic rings. The lowest BCUT2D eigenvalue weighted by Gasteiger charge is -2.28. The minimum Gasteiger partial charge on any atom is -0.481 e. The van der Waals surface area contributed by atoms with Gasteiger partial charge < -0.3 is 9.64 Å². The van der Waals surface area contributed by atoms with E-state index >= 15 is 0 Å². The van der Waals surface area contributed by atoms with E-state index < -0.39 is 23.8 Å². The molecule has 106 valence electrons. The predicted octanol–water partition coefficient (Wildman–Crippen LogP) is 0.592. The number of carbonyl (C=O) groups is 3. The number of hydrogen-bond donors (Lipinski definition) is 1. The molecule has 3 amide bonds. The molecule has 0 saturated carbocycles. The number of ether oxygens (including phenoxy) is 1. The minimum absolute atomic E-state index is 0.140. The quantitative estimate of drug-likeness (QED) is 0.829. The molecule has 20 heavy (non-hydrogen) atoms. The van der Waals surface area contributed by atoms with Gasteiger partial charge in [-0.2, -0.15) is 0 Å². The molecule has 1 atom stereocenters. The van der Waals surface area contributed by atoms with Gasteiger partial charge in [-0.3, -0.25) is 19.7 Å². The fraction of sp³-hybridized carbons (Fsp3) is 0.308. The number of hydrogen-bond acceptors (Lipinski definition) is 4. The van der Waals surface area contributed by atoms with Crippen molar-refractivity contribution < 1.29 is 19.1 Å². The Bertz CT molecular complexity index is 528. The van der Waals surface area contributed by atoms with Gasteiger partial charge in [0.2, 0.25) is 11.8 Å². The summed E-state index contributed by atoms with van der Waals surface area (Å²) in [7, 11) is 0. The van der Waals surface area contributed by atoms with Crippen LogP contribution in [-0.4, -0.2) is 41.8 Å². The summed E-state index contributed by atoms with van der Waals surface area (Å²) in [5, 5.41) is 2.70. The number of halogens is 1. The van der Waals surface area contributed by atoms with Crippen LogP contribution < -0.4 is 10.1 Å². The molecule has 1 unspecified atom stereocenters. The lowest BCUT2D eigenvalue weighted by atomic mass is 10.2. The average molecular weight is 297 g/mol.